The van der Waals surface area contributed by atoms with Gasteiger partial charge < -0.3 is 14.4 Å². The molecule has 0 saturated heterocycles. The van der Waals surface area contributed by atoms with E-state index in [0.29, 0.717) is 22.2 Å². The summed E-state index contributed by atoms with van der Waals surface area (Å²) in [5.74, 6) is 0.989. The van der Waals surface area contributed by atoms with E-state index in [1.54, 1.807) is 37.2 Å². The van der Waals surface area contributed by atoms with E-state index in [4.69, 9.17) is 27.0 Å². The molecule has 4 nitrogen and oxygen atoms in total. The Morgan fingerprint density at radius 3 is 2.56 bits per heavy atom. The largest absolute Gasteiger partial charge is 0.493 e. The van der Waals surface area contributed by atoms with E-state index in [9.17, 15) is 0 Å². The summed E-state index contributed by atoms with van der Waals surface area (Å²) in [7, 11) is 5.10. The van der Waals surface area contributed by atoms with Gasteiger partial charge >= 0.3 is 0 Å². The predicted octanol–water partition coefficient (Wildman–Crippen LogP) is 1.79. The first-order valence-electron chi connectivity index (χ1n) is 4.55. The SMILES string of the molecule is COc1cc(C#N)ccc1OC(=S)N(C)C. The summed E-state index contributed by atoms with van der Waals surface area (Å²) in [5, 5.41) is 9.07. The minimum absolute atomic E-state index is 0.336. The van der Waals surface area contributed by atoms with Gasteiger partial charge in [0, 0.05) is 20.2 Å². The molecule has 0 unspecified atom stereocenters. The fourth-order valence-corrected chi connectivity index (χ4v) is 1.10. The third kappa shape index (κ3) is 2.84. The molecule has 0 amide bonds. The van der Waals surface area contributed by atoms with E-state index in [2.05, 4.69) is 0 Å². The Kier molecular flexibility index (Phi) is 4.09. The first-order chi connectivity index (χ1) is 7.58. The molecule has 1 aromatic rings. The van der Waals surface area contributed by atoms with Crippen LogP contribution in [-0.2, 0) is 0 Å². The summed E-state index contributed by atoms with van der Waals surface area (Å²) in [5.41, 5.74) is 0.514. The summed E-state index contributed by atoms with van der Waals surface area (Å²) < 4.78 is 10.5. The second kappa shape index (κ2) is 5.33. The zero-order valence-corrected chi connectivity index (χ0v) is 10.2. The third-order valence-corrected chi connectivity index (χ3v) is 2.30. The maximum absolute atomic E-state index is 8.74. The number of hydrogen-bond acceptors (Lipinski definition) is 4. The minimum Gasteiger partial charge on any atom is -0.493 e. The molecule has 0 heterocycles. The maximum atomic E-state index is 8.74. The van der Waals surface area contributed by atoms with Crippen molar-refractivity contribution < 1.29 is 9.47 Å². The Balaban J connectivity index is 2.97. The number of thiocarbonyl (C=S) groups is 1. The molecular weight excluding hydrogens is 224 g/mol. The molecule has 0 spiro atoms. The van der Waals surface area contributed by atoms with Crippen molar-refractivity contribution in [2.75, 3.05) is 21.2 Å². The molecule has 5 heteroatoms. The van der Waals surface area contributed by atoms with Crippen LogP contribution in [0.3, 0.4) is 0 Å². The summed E-state index contributed by atoms with van der Waals surface area (Å²) in [6, 6.07) is 6.94. The highest BCUT2D eigenvalue weighted by molar-refractivity contribution is 7.80. The van der Waals surface area contributed by atoms with Crippen molar-refractivity contribution in [2.24, 2.45) is 0 Å². The van der Waals surface area contributed by atoms with Gasteiger partial charge in [-0.15, -0.1) is 0 Å². The van der Waals surface area contributed by atoms with E-state index >= 15 is 0 Å². The fraction of sp³-hybridized carbons (Fsp3) is 0.273. The highest BCUT2D eigenvalue weighted by Crippen LogP contribution is 2.28. The van der Waals surface area contributed by atoms with Crippen LogP contribution in [0.25, 0.3) is 0 Å². The van der Waals surface area contributed by atoms with E-state index in [1.807, 2.05) is 6.07 Å². The molecule has 0 saturated carbocycles. The molecule has 1 rings (SSSR count). The van der Waals surface area contributed by atoms with Gasteiger partial charge in [0.15, 0.2) is 11.5 Å². The molecule has 1 aromatic carbocycles. The smallest absolute Gasteiger partial charge is 0.264 e. The van der Waals surface area contributed by atoms with E-state index < -0.39 is 0 Å². The van der Waals surface area contributed by atoms with Crippen LogP contribution < -0.4 is 9.47 Å². The normalized spacial score (nSPS) is 9.12. The van der Waals surface area contributed by atoms with Gasteiger partial charge in [0.05, 0.1) is 18.7 Å². The van der Waals surface area contributed by atoms with Crippen molar-refractivity contribution in [2.45, 2.75) is 0 Å². The van der Waals surface area contributed by atoms with Gasteiger partial charge in [0.1, 0.15) is 0 Å². The van der Waals surface area contributed by atoms with Crippen molar-refractivity contribution >= 4 is 17.4 Å². The number of nitrogens with zero attached hydrogens (tertiary/aromatic N) is 2. The average molecular weight is 236 g/mol. The van der Waals surface area contributed by atoms with Crippen LogP contribution in [0.5, 0.6) is 11.5 Å². The zero-order chi connectivity index (χ0) is 12.1. The topological polar surface area (TPSA) is 45.5 Å². The van der Waals surface area contributed by atoms with Gasteiger partial charge in [-0.25, -0.2) is 0 Å². The van der Waals surface area contributed by atoms with E-state index in [0.717, 1.165) is 0 Å². The van der Waals surface area contributed by atoms with Crippen molar-refractivity contribution in [3.63, 3.8) is 0 Å². The van der Waals surface area contributed by atoms with E-state index in [1.165, 1.54) is 7.11 Å². The quantitative estimate of drug-likeness (QED) is 0.733. The summed E-state index contributed by atoms with van der Waals surface area (Å²) >= 11 is 5.01. The summed E-state index contributed by atoms with van der Waals surface area (Å²) in [6.07, 6.45) is 0. The molecule has 0 bridgehead atoms. The molecule has 0 aliphatic heterocycles. The van der Waals surface area contributed by atoms with Crippen LogP contribution >= 0.6 is 12.2 Å². The van der Waals surface area contributed by atoms with Crippen LogP contribution in [-0.4, -0.2) is 31.3 Å². The lowest BCUT2D eigenvalue weighted by Crippen LogP contribution is -2.25. The number of benzene rings is 1. The highest BCUT2D eigenvalue weighted by atomic mass is 32.1. The van der Waals surface area contributed by atoms with Gasteiger partial charge in [0.25, 0.3) is 5.17 Å². The van der Waals surface area contributed by atoms with Crippen molar-refractivity contribution in [3.8, 4) is 17.6 Å². The Bertz CT molecular complexity index is 438. The van der Waals surface area contributed by atoms with E-state index in [-0.39, 0.29) is 0 Å². The zero-order valence-electron chi connectivity index (χ0n) is 9.35. The summed E-state index contributed by atoms with van der Waals surface area (Å²) in [4.78, 5) is 1.67. The Hall–Kier alpha value is -1.80. The Morgan fingerprint density at radius 1 is 1.38 bits per heavy atom. The molecule has 0 aliphatic rings. The van der Waals surface area contributed by atoms with Crippen LogP contribution in [0.15, 0.2) is 18.2 Å². The standard InChI is InChI=1S/C11H12N2O2S/c1-13(2)11(16)15-9-5-4-8(7-12)6-10(9)14-3/h4-6H,1-3H3. The first kappa shape index (κ1) is 12.3. The maximum Gasteiger partial charge on any atom is 0.264 e. The second-order valence-electron chi connectivity index (χ2n) is 3.24. The molecular formula is C11H12N2O2S. The number of methoxy groups -OCH3 is 1. The highest BCUT2D eigenvalue weighted by Gasteiger charge is 2.09. The van der Waals surface area contributed by atoms with Crippen LogP contribution in [0.1, 0.15) is 5.56 Å². The summed E-state index contributed by atoms with van der Waals surface area (Å²) in [6.45, 7) is 0. The van der Waals surface area contributed by atoms with Crippen LogP contribution in [0.2, 0.25) is 0 Å². The van der Waals surface area contributed by atoms with Gasteiger partial charge in [-0.1, -0.05) is 0 Å². The van der Waals surface area contributed by atoms with Gasteiger partial charge in [-0.2, -0.15) is 5.26 Å². The Labute approximate surface area is 100.0 Å². The number of nitriles is 1. The molecule has 16 heavy (non-hydrogen) atoms. The molecule has 0 aliphatic carbocycles. The van der Waals surface area contributed by atoms with Crippen LogP contribution in [0, 0.1) is 11.3 Å². The molecule has 0 atom stereocenters. The van der Waals surface area contributed by atoms with Crippen molar-refractivity contribution in [1.29, 1.82) is 5.26 Å². The lowest BCUT2D eigenvalue weighted by Gasteiger charge is -2.15. The molecule has 0 radical (unpaired) electrons. The van der Waals surface area contributed by atoms with Gasteiger partial charge in [-0.05, 0) is 24.4 Å². The number of rotatable bonds is 2. The minimum atomic E-state index is 0.336. The third-order valence-electron chi connectivity index (χ3n) is 1.86. The molecule has 0 aromatic heterocycles. The lowest BCUT2D eigenvalue weighted by molar-refractivity contribution is 0.378. The molecule has 84 valence electrons. The van der Waals surface area contributed by atoms with Crippen molar-refractivity contribution in [3.05, 3.63) is 23.8 Å². The molecule has 0 fully saturated rings. The fourth-order valence-electron chi connectivity index (χ4n) is 1.01. The lowest BCUT2D eigenvalue weighted by atomic mass is 10.2. The predicted molar refractivity (Wildman–Crippen MR) is 64.6 cm³/mol. The number of hydrogen-bond donors (Lipinski definition) is 0. The van der Waals surface area contributed by atoms with Crippen LogP contribution in [0.4, 0.5) is 0 Å². The number of ether oxygens (including phenoxy) is 2. The molecule has 0 N–H and O–H groups in total. The Morgan fingerprint density at radius 2 is 2.06 bits per heavy atom. The monoisotopic (exact) mass is 236 g/mol. The average Bonchev–Trinajstić information content (AvgIpc) is 2.29. The van der Waals surface area contributed by atoms with Crippen molar-refractivity contribution in [1.82, 2.24) is 4.90 Å². The first-order valence-corrected chi connectivity index (χ1v) is 4.96. The second-order valence-corrected chi connectivity index (χ2v) is 3.59. The van der Waals surface area contributed by atoms with Gasteiger partial charge in [-0.3, -0.25) is 0 Å². The van der Waals surface area contributed by atoms with Gasteiger partial charge in [0.2, 0.25) is 0 Å².